The van der Waals surface area contributed by atoms with Gasteiger partial charge in [0.1, 0.15) is 17.2 Å². The number of aryl methyl sites for hydroxylation is 3. The highest BCUT2D eigenvalue weighted by Gasteiger charge is 2.61. The molecule has 0 aliphatic heterocycles. The summed E-state index contributed by atoms with van der Waals surface area (Å²) in [6, 6.07) is 28.8. The lowest BCUT2D eigenvalue weighted by Gasteiger charge is -2.44. The molecule has 3 aliphatic rings. The predicted molar refractivity (Wildman–Crippen MR) is 175 cm³/mol. The van der Waals surface area contributed by atoms with Gasteiger partial charge in [-0.2, -0.15) is 0 Å². The van der Waals surface area contributed by atoms with Crippen molar-refractivity contribution in [3.63, 3.8) is 0 Å². The van der Waals surface area contributed by atoms with Gasteiger partial charge in [-0.05, 0) is 128 Å². The molecular formula is C40H46O3. The molecule has 7 rings (SSSR count). The number of benzene rings is 4. The number of aromatic hydroxyl groups is 3. The standard InChI is InChI=1S/C23H26O.C17H20O2/c1-15-5-7-17(8-6-15)23(18-9-11-19(24)12-10-18)14-16-13-22(23)21-4-2-3-20(16)21;1-11-9-13(5-7-15(11)18)17(3,4)14-6-8-16(19)12(2)10-14/h5-12,16,20-22,24H,2-4,13-14H2,1H3;5-10,18-19H,1-4H3. The van der Waals surface area contributed by atoms with E-state index in [1.54, 1.807) is 12.1 Å². The van der Waals surface area contributed by atoms with E-state index in [1.165, 1.54) is 48.8 Å². The summed E-state index contributed by atoms with van der Waals surface area (Å²) in [6.07, 6.45) is 7.03. The van der Waals surface area contributed by atoms with Crippen LogP contribution in [0.15, 0.2) is 84.9 Å². The molecule has 3 aliphatic carbocycles. The largest absolute Gasteiger partial charge is 0.508 e. The number of hydrogen-bond donors (Lipinski definition) is 3. The number of hydrogen-bond acceptors (Lipinski definition) is 3. The Kier molecular flexibility index (Phi) is 7.57. The zero-order valence-corrected chi connectivity index (χ0v) is 26.3. The molecule has 0 spiro atoms. The summed E-state index contributed by atoms with van der Waals surface area (Å²) in [5.41, 5.74) is 8.29. The molecule has 3 fully saturated rings. The first-order chi connectivity index (χ1) is 20.5. The predicted octanol–water partition coefficient (Wildman–Crippen LogP) is 9.48. The van der Waals surface area contributed by atoms with Crippen molar-refractivity contribution in [1.82, 2.24) is 0 Å². The van der Waals surface area contributed by atoms with E-state index in [4.69, 9.17) is 0 Å². The number of rotatable bonds is 4. The molecule has 43 heavy (non-hydrogen) atoms. The zero-order valence-electron chi connectivity index (χ0n) is 26.3. The molecule has 3 N–H and O–H groups in total. The Morgan fingerprint density at radius 3 is 1.70 bits per heavy atom. The second-order valence-corrected chi connectivity index (χ2v) is 14.1. The lowest BCUT2D eigenvalue weighted by molar-refractivity contribution is 0.181. The van der Waals surface area contributed by atoms with Gasteiger partial charge in [0.25, 0.3) is 0 Å². The van der Waals surface area contributed by atoms with Crippen molar-refractivity contribution in [2.24, 2.45) is 23.7 Å². The SMILES string of the molecule is Cc1cc(C(C)(C)c2ccc(O)c(C)c2)ccc1O.Cc1ccc(C2(c3ccc(O)cc3)CC3CC2C2CCCC32)cc1. The van der Waals surface area contributed by atoms with Crippen molar-refractivity contribution in [3.05, 3.63) is 124 Å². The Labute approximate surface area is 257 Å². The van der Waals surface area contributed by atoms with E-state index in [-0.39, 0.29) is 10.8 Å². The average molecular weight is 575 g/mol. The zero-order chi connectivity index (χ0) is 30.5. The normalized spacial score (nSPS) is 25.7. The van der Waals surface area contributed by atoms with E-state index in [0.29, 0.717) is 17.2 Å². The molecule has 0 amide bonds. The van der Waals surface area contributed by atoms with Crippen molar-refractivity contribution in [2.75, 3.05) is 0 Å². The summed E-state index contributed by atoms with van der Waals surface area (Å²) in [4.78, 5) is 0. The van der Waals surface area contributed by atoms with Gasteiger partial charge in [-0.1, -0.05) is 86.5 Å². The first kappa shape index (κ1) is 29.4. The van der Waals surface area contributed by atoms with Gasteiger partial charge in [-0.3, -0.25) is 0 Å². The van der Waals surface area contributed by atoms with Crippen LogP contribution in [-0.2, 0) is 10.8 Å². The summed E-state index contributed by atoms with van der Waals surface area (Å²) in [7, 11) is 0. The Morgan fingerprint density at radius 2 is 1.16 bits per heavy atom. The maximum Gasteiger partial charge on any atom is 0.118 e. The summed E-state index contributed by atoms with van der Waals surface area (Å²) in [5.74, 6) is 4.60. The average Bonchev–Trinajstić information content (AvgIpc) is 3.71. The van der Waals surface area contributed by atoms with Crippen LogP contribution in [0.5, 0.6) is 17.2 Å². The van der Waals surface area contributed by atoms with Gasteiger partial charge in [-0.15, -0.1) is 0 Å². The molecule has 3 heteroatoms. The van der Waals surface area contributed by atoms with Crippen molar-refractivity contribution in [2.45, 2.75) is 77.6 Å². The van der Waals surface area contributed by atoms with Crippen LogP contribution in [0.1, 0.15) is 84.9 Å². The molecule has 224 valence electrons. The molecule has 0 saturated heterocycles. The van der Waals surface area contributed by atoms with Crippen LogP contribution in [0.4, 0.5) is 0 Å². The van der Waals surface area contributed by atoms with Crippen LogP contribution in [0.3, 0.4) is 0 Å². The van der Waals surface area contributed by atoms with Gasteiger partial charge in [-0.25, -0.2) is 0 Å². The van der Waals surface area contributed by atoms with E-state index in [0.717, 1.165) is 45.9 Å². The van der Waals surface area contributed by atoms with Crippen molar-refractivity contribution >= 4 is 0 Å². The molecule has 3 saturated carbocycles. The highest BCUT2D eigenvalue weighted by atomic mass is 16.3. The van der Waals surface area contributed by atoms with Crippen molar-refractivity contribution < 1.29 is 15.3 Å². The Hall–Kier alpha value is -3.72. The number of fused-ring (bicyclic) bond motifs is 5. The third-order valence-electron chi connectivity index (χ3n) is 11.3. The molecule has 5 unspecified atom stereocenters. The molecule has 2 bridgehead atoms. The second-order valence-electron chi connectivity index (χ2n) is 14.1. The van der Waals surface area contributed by atoms with Gasteiger partial charge < -0.3 is 15.3 Å². The highest BCUT2D eigenvalue weighted by molar-refractivity contribution is 5.47. The smallest absolute Gasteiger partial charge is 0.118 e. The molecule has 0 heterocycles. The van der Waals surface area contributed by atoms with Gasteiger partial charge in [0, 0.05) is 10.8 Å². The topological polar surface area (TPSA) is 60.7 Å². The van der Waals surface area contributed by atoms with Crippen molar-refractivity contribution in [1.29, 1.82) is 0 Å². The van der Waals surface area contributed by atoms with E-state index in [9.17, 15) is 15.3 Å². The highest BCUT2D eigenvalue weighted by Crippen LogP contribution is 2.68. The van der Waals surface area contributed by atoms with E-state index < -0.39 is 0 Å². The van der Waals surface area contributed by atoms with E-state index >= 15 is 0 Å². The maximum atomic E-state index is 9.77. The third kappa shape index (κ3) is 5.11. The number of phenols is 3. The molecule has 5 atom stereocenters. The number of phenolic OH excluding ortho intramolecular Hbond substituents is 3. The second kappa shape index (κ2) is 11.1. The first-order valence-corrected chi connectivity index (χ1v) is 16.0. The summed E-state index contributed by atoms with van der Waals surface area (Å²) in [6.45, 7) is 10.3. The van der Waals surface area contributed by atoms with Gasteiger partial charge in [0.2, 0.25) is 0 Å². The van der Waals surface area contributed by atoms with Gasteiger partial charge in [0.15, 0.2) is 0 Å². The fourth-order valence-corrected chi connectivity index (χ4v) is 8.84. The van der Waals surface area contributed by atoms with Gasteiger partial charge >= 0.3 is 0 Å². The Balaban J connectivity index is 0.000000158. The van der Waals surface area contributed by atoms with Crippen LogP contribution in [0.25, 0.3) is 0 Å². The van der Waals surface area contributed by atoms with Crippen LogP contribution < -0.4 is 0 Å². The van der Waals surface area contributed by atoms with Crippen LogP contribution >= 0.6 is 0 Å². The Morgan fingerprint density at radius 1 is 0.651 bits per heavy atom. The molecular weight excluding hydrogens is 528 g/mol. The van der Waals surface area contributed by atoms with Crippen LogP contribution in [0, 0.1) is 44.4 Å². The van der Waals surface area contributed by atoms with Gasteiger partial charge in [0.05, 0.1) is 0 Å². The molecule has 0 radical (unpaired) electrons. The fraction of sp³-hybridized carbons (Fsp3) is 0.400. The molecule has 3 nitrogen and oxygen atoms in total. The molecule has 0 aromatic heterocycles. The minimum Gasteiger partial charge on any atom is -0.508 e. The first-order valence-electron chi connectivity index (χ1n) is 16.0. The maximum absolute atomic E-state index is 9.77. The lowest BCUT2D eigenvalue weighted by atomic mass is 9.59. The quantitative estimate of drug-likeness (QED) is 0.227. The molecule has 4 aromatic carbocycles. The summed E-state index contributed by atoms with van der Waals surface area (Å²) < 4.78 is 0. The van der Waals surface area contributed by atoms with E-state index in [1.807, 2.05) is 50.2 Å². The lowest BCUT2D eigenvalue weighted by Crippen LogP contribution is -2.40. The summed E-state index contributed by atoms with van der Waals surface area (Å²) in [5, 5.41) is 29.0. The molecule has 4 aromatic rings. The van der Waals surface area contributed by atoms with Crippen LogP contribution in [-0.4, -0.2) is 15.3 Å². The van der Waals surface area contributed by atoms with Crippen molar-refractivity contribution in [3.8, 4) is 17.2 Å². The van der Waals surface area contributed by atoms with E-state index in [2.05, 4.69) is 57.2 Å². The summed E-state index contributed by atoms with van der Waals surface area (Å²) >= 11 is 0. The minimum atomic E-state index is -0.170. The third-order valence-corrected chi connectivity index (χ3v) is 11.3. The monoisotopic (exact) mass is 574 g/mol. The Bertz CT molecular complexity index is 1500. The van der Waals surface area contributed by atoms with Crippen LogP contribution in [0.2, 0.25) is 0 Å². The fourth-order valence-electron chi connectivity index (χ4n) is 8.84. The minimum absolute atomic E-state index is 0.164.